The molecule has 0 amide bonds. The minimum Gasteiger partial charge on any atom is -0.302 e. The first kappa shape index (κ1) is 9.03. The van der Waals surface area contributed by atoms with Crippen LogP contribution in [0.5, 0.6) is 0 Å². The van der Waals surface area contributed by atoms with Gasteiger partial charge in [-0.05, 0) is 37.3 Å². The molecule has 1 aromatic heterocycles. The first-order valence-corrected chi connectivity index (χ1v) is 5.68. The van der Waals surface area contributed by atoms with Crippen LogP contribution in [0.15, 0.2) is 18.5 Å². The molecule has 1 saturated heterocycles. The van der Waals surface area contributed by atoms with E-state index in [-0.39, 0.29) is 0 Å². The van der Waals surface area contributed by atoms with E-state index in [2.05, 4.69) is 23.3 Å². The van der Waals surface area contributed by atoms with Gasteiger partial charge in [0.15, 0.2) is 0 Å². The maximum atomic E-state index is 4.17. The van der Waals surface area contributed by atoms with Crippen LogP contribution in [-0.4, -0.2) is 17.3 Å². The highest BCUT2D eigenvalue weighted by molar-refractivity contribution is 7.99. The number of pyridine rings is 1. The molecule has 1 N–H and O–H groups in total. The normalized spacial score (nSPS) is 23.0. The summed E-state index contributed by atoms with van der Waals surface area (Å²) in [5.41, 5.74) is 2.68. The number of thioether (sulfide) groups is 1. The van der Waals surface area contributed by atoms with Crippen molar-refractivity contribution >= 4 is 11.8 Å². The molecule has 1 aliphatic rings. The summed E-state index contributed by atoms with van der Waals surface area (Å²) >= 11 is 1.98. The number of nitrogens with zero attached hydrogens (tertiary/aromatic N) is 1. The highest BCUT2D eigenvalue weighted by Gasteiger charge is 2.16. The summed E-state index contributed by atoms with van der Waals surface area (Å²) in [6.45, 7) is 3.28. The van der Waals surface area contributed by atoms with E-state index < -0.39 is 0 Å². The van der Waals surface area contributed by atoms with Crippen LogP contribution in [0.1, 0.15) is 22.9 Å². The second kappa shape index (κ2) is 4.11. The van der Waals surface area contributed by atoms with Crippen LogP contribution in [0.2, 0.25) is 0 Å². The van der Waals surface area contributed by atoms with Gasteiger partial charge in [-0.1, -0.05) is 0 Å². The van der Waals surface area contributed by atoms with Gasteiger partial charge in [-0.2, -0.15) is 0 Å². The van der Waals surface area contributed by atoms with Crippen molar-refractivity contribution in [3.63, 3.8) is 0 Å². The second-order valence-corrected chi connectivity index (χ2v) is 4.50. The largest absolute Gasteiger partial charge is 0.302 e. The molecule has 1 fully saturated rings. The van der Waals surface area contributed by atoms with Crippen molar-refractivity contribution in [2.24, 2.45) is 0 Å². The molecule has 1 aromatic rings. The number of rotatable bonds is 1. The highest BCUT2D eigenvalue weighted by Crippen LogP contribution is 2.30. The monoisotopic (exact) mass is 194 g/mol. The van der Waals surface area contributed by atoms with E-state index >= 15 is 0 Å². The van der Waals surface area contributed by atoms with Gasteiger partial charge in [-0.3, -0.25) is 4.98 Å². The number of nitrogens with one attached hydrogen (secondary N) is 1. The van der Waals surface area contributed by atoms with Crippen LogP contribution in [0.4, 0.5) is 0 Å². The molecule has 0 aliphatic carbocycles. The Balaban J connectivity index is 2.18. The van der Waals surface area contributed by atoms with Gasteiger partial charge < -0.3 is 5.32 Å². The van der Waals surface area contributed by atoms with E-state index in [0.717, 1.165) is 6.54 Å². The number of hydrogen-bond acceptors (Lipinski definition) is 3. The summed E-state index contributed by atoms with van der Waals surface area (Å²) in [6, 6.07) is 2.08. The smallest absolute Gasteiger partial charge is 0.0806 e. The number of hydrogen-bond donors (Lipinski definition) is 1. The molecule has 1 atom stereocenters. The fourth-order valence-corrected chi connectivity index (χ4v) is 2.72. The van der Waals surface area contributed by atoms with Crippen LogP contribution in [0, 0.1) is 6.92 Å². The molecule has 0 bridgehead atoms. The standard InChI is InChI=1S/C10H14N2S/c1-8-3-5-11-7-9(8)10-12-4-2-6-13-10/h3,5,7,10,12H,2,4,6H2,1H3. The van der Waals surface area contributed by atoms with Gasteiger partial charge in [0.25, 0.3) is 0 Å². The summed E-state index contributed by atoms with van der Waals surface area (Å²) in [5.74, 6) is 1.26. The van der Waals surface area contributed by atoms with Gasteiger partial charge in [0.2, 0.25) is 0 Å². The molecule has 70 valence electrons. The summed E-state index contributed by atoms with van der Waals surface area (Å²) in [6.07, 6.45) is 5.11. The average molecular weight is 194 g/mol. The summed E-state index contributed by atoms with van der Waals surface area (Å²) in [7, 11) is 0. The maximum Gasteiger partial charge on any atom is 0.0806 e. The third-order valence-electron chi connectivity index (χ3n) is 2.30. The van der Waals surface area contributed by atoms with Crippen molar-refractivity contribution in [3.05, 3.63) is 29.6 Å². The average Bonchev–Trinajstić information content (AvgIpc) is 2.20. The van der Waals surface area contributed by atoms with Crippen LogP contribution in [0.25, 0.3) is 0 Å². The van der Waals surface area contributed by atoms with Gasteiger partial charge in [-0.25, -0.2) is 0 Å². The summed E-state index contributed by atoms with van der Waals surface area (Å²) in [5, 5.41) is 3.96. The van der Waals surface area contributed by atoms with Gasteiger partial charge in [0, 0.05) is 18.0 Å². The SMILES string of the molecule is Cc1ccncc1C1NCCCS1. The first-order chi connectivity index (χ1) is 6.38. The lowest BCUT2D eigenvalue weighted by atomic mass is 10.1. The van der Waals surface area contributed by atoms with Gasteiger partial charge >= 0.3 is 0 Å². The molecular formula is C10H14N2S. The molecule has 2 nitrogen and oxygen atoms in total. The summed E-state index contributed by atoms with van der Waals surface area (Å²) < 4.78 is 0. The van der Waals surface area contributed by atoms with Gasteiger partial charge in [0.1, 0.15) is 0 Å². The Morgan fingerprint density at radius 2 is 2.54 bits per heavy atom. The second-order valence-electron chi connectivity index (χ2n) is 3.29. The molecule has 0 saturated carbocycles. The maximum absolute atomic E-state index is 4.17. The van der Waals surface area contributed by atoms with Gasteiger partial charge in [0.05, 0.1) is 5.37 Å². The zero-order chi connectivity index (χ0) is 9.10. The Labute approximate surface area is 83.1 Å². The number of aromatic nitrogens is 1. The van der Waals surface area contributed by atoms with E-state index in [1.807, 2.05) is 24.2 Å². The third-order valence-corrected chi connectivity index (χ3v) is 3.58. The summed E-state index contributed by atoms with van der Waals surface area (Å²) in [4.78, 5) is 4.17. The molecule has 0 aromatic carbocycles. The van der Waals surface area contributed by atoms with E-state index in [9.17, 15) is 0 Å². The van der Waals surface area contributed by atoms with E-state index in [4.69, 9.17) is 0 Å². The van der Waals surface area contributed by atoms with Crippen molar-refractivity contribution < 1.29 is 0 Å². The van der Waals surface area contributed by atoms with Crippen LogP contribution >= 0.6 is 11.8 Å². The predicted octanol–water partition coefficient (Wildman–Crippen LogP) is 2.12. The fraction of sp³-hybridized carbons (Fsp3) is 0.500. The van der Waals surface area contributed by atoms with Crippen molar-refractivity contribution in [1.82, 2.24) is 10.3 Å². The molecule has 13 heavy (non-hydrogen) atoms. The molecule has 3 heteroatoms. The predicted molar refractivity (Wildman–Crippen MR) is 56.8 cm³/mol. The molecule has 0 spiro atoms. The molecular weight excluding hydrogens is 180 g/mol. The zero-order valence-electron chi connectivity index (χ0n) is 7.79. The third kappa shape index (κ3) is 2.03. The van der Waals surface area contributed by atoms with E-state index in [1.54, 1.807) is 0 Å². The minimum atomic E-state index is 0.461. The van der Waals surface area contributed by atoms with Crippen molar-refractivity contribution in [2.45, 2.75) is 18.7 Å². The quantitative estimate of drug-likeness (QED) is 0.741. The lowest BCUT2D eigenvalue weighted by molar-refractivity contribution is 0.639. The molecule has 1 aliphatic heterocycles. The van der Waals surface area contributed by atoms with Crippen molar-refractivity contribution in [3.8, 4) is 0 Å². The molecule has 1 unspecified atom stereocenters. The van der Waals surface area contributed by atoms with Crippen LogP contribution in [-0.2, 0) is 0 Å². The Morgan fingerprint density at radius 3 is 3.23 bits per heavy atom. The van der Waals surface area contributed by atoms with Crippen LogP contribution < -0.4 is 5.32 Å². The van der Waals surface area contributed by atoms with Crippen molar-refractivity contribution in [2.75, 3.05) is 12.3 Å². The lowest BCUT2D eigenvalue weighted by Gasteiger charge is -2.24. The Hall–Kier alpha value is -0.540. The van der Waals surface area contributed by atoms with Crippen molar-refractivity contribution in [1.29, 1.82) is 0 Å². The van der Waals surface area contributed by atoms with Crippen LogP contribution in [0.3, 0.4) is 0 Å². The number of aryl methyl sites for hydroxylation is 1. The Bertz CT molecular complexity index is 282. The molecule has 2 heterocycles. The fourth-order valence-electron chi connectivity index (χ4n) is 1.52. The topological polar surface area (TPSA) is 24.9 Å². The Kier molecular flexibility index (Phi) is 2.86. The zero-order valence-corrected chi connectivity index (χ0v) is 8.60. The van der Waals surface area contributed by atoms with E-state index in [1.165, 1.54) is 23.3 Å². The Morgan fingerprint density at radius 1 is 1.62 bits per heavy atom. The van der Waals surface area contributed by atoms with Gasteiger partial charge in [-0.15, -0.1) is 11.8 Å². The van der Waals surface area contributed by atoms with E-state index in [0.29, 0.717) is 5.37 Å². The lowest BCUT2D eigenvalue weighted by Crippen LogP contribution is -2.25. The highest BCUT2D eigenvalue weighted by atomic mass is 32.2. The first-order valence-electron chi connectivity index (χ1n) is 4.63. The molecule has 2 rings (SSSR count). The molecule has 0 radical (unpaired) electrons. The minimum absolute atomic E-state index is 0.461.